The first-order valence-electron chi connectivity index (χ1n) is 9.83. The van der Waals surface area contributed by atoms with Gasteiger partial charge in [-0.05, 0) is 13.0 Å². The Morgan fingerprint density at radius 2 is 0.886 bits per heavy atom. The molecule has 15 nitrogen and oxygen atoms in total. The summed E-state index contributed by atoms with van der Waals surface area (Å²) in [7, 11) is 2.50. The third kappa shape index (κ3) is 109. The molecular formula is C18H46GdN4O11Si. The zero-order valence-corrected chi connectivity index (χ0v) is 25.0. The largest absolute Gasteiger partial charge is 0.500 e. The van der Waals surface area contributed by atoms with Gasteiger partial charge in [0, 0.05) is 121 Å². The van der Waals surface area contributed by atoms with Crippen molar-refractivity contribution in [2.45, 2.75) is 40.2 Å². The molecule has 0 atom stereocenters. The molecule has 0 heterocycles. The second-order valence-electron chi connectivity index (χ2n) is 5.59. The molecule has 35 heavy (non-hydrogen) atoms. The summed E-state index contributed by atoms with van der Waals surface area (Å²) >= 11 is 0. The van der Waals surface area contributed by atoms with E-state index < -0.39 is 32.7 Å². The van der Waals surface area contributed by atoms with Crippen molar-refractivity contribution in [3.8, 4) is 0 Å². The summed E-state index contributed by atoms with van der Waals surface area (Å²) < 4.78 is 15.5. The van der Waals surface area contributed by atoms with Crippen molar-refractivity contribution in [2.75, 3.05) is 54.1 Å². The minimum absolute atomic E-state index is 0. The number of aliphatic carboxylic acids is 4. The van der Waals surface area contributed by atoms with Crippen molar-refractivity contribution in [2.24, 2.45) is 17.2 Å². The van der Waals surface area contributed by atoms with E-state index in [1.807, 2.05) is 0 Å². The van der Waals surface area contributed by atoms with Crippen molar-refractivity contribution in [3.63, 3.8) is 0 Å². The fourth-order valence-electron chi connectivity index (χ4n) is 1.20. The van der Waals surface area contributed by atoms with E-state index in [0.29, 0.717) is 19.6 Å². The van der Waals surface area contributed by atoms with Gasteiger partial charge < -0.3 is 56.2 Å². The average Bonchev–Trinajstić information content (AvgIpc) is 2.69. The van der Waals surface area contributed by atoms with Crippen LogP contribution in [0, 0.1) is 39.9 Å². The van der Waals surface area contributed by atoms with E-state index in [1.54, 1.807) is 21.3 Å². The molecule has 0 unspecified atom stereocenters. The Bertz CT molecular complexity index is 399. The molecule has 0 rings (SSSR count). The van der Waals surface area contributed by atoms with E-state index in [2.05, 4.69) is 5.32 Å². The van der Waals surface area contributed by atoms with Gasteiger partial charge in [0.25, 0.3) is 23.9 Å². The fraction of sp³-hybridized carbons (Fsp3) is 0.778. The first-order valence-corrected chi connectivity index (χ1v) is 11.8. The first kappa shape index (κ1) is 50.9. The third-order valence-corrected chi connectivity index (χ3v) is 5.09. The number of hydrogen-bond acceptors (Lipinski definition) is 11. The maximum absolute atomic E-state index is 9.00. The molecule has 0 fully saturated rings. The number of nitrogens with two attached hydrogens (primary N) is 3. The van der Waals surface area contributed by atoms with Crippen LogP contribution in [0.25, 0.3) is 0 Å². The van der Waals surface area contributed by atoms with Crippen LogP contribution in [0.5, 0.6) is 0 Å². The second-order valence-corrected chi connectivity index (χ2v) is 8.68. The Kier molecular flexibility index (Phi) is 62.9. The van der Waals surface area contributed by atoms with E-state index in [-0.39, 0.29) is 39.9 Å². The normalized spacial score (nSPS) is 8.51. The smallest absolute Gasteiger partial charge is 0.481 e. The molecule has 17 heteroatoms. The zero-order chi connectivity index (χ0) is 28.6. The SMILES string of the molecule is CC(=O)O.CC(=O)O.CC(=O)O.CC(=O)O.CO[Si](CCCN)(OC)OC.NCCNCCN.[Gd]. The number of carboxylic acids is 4. The van der Waals surface area contributed by atoms with E-state index in [9.17, 15) is 0 Å². The van der Waals surface area contributed by atoms with Gasteiger partial charge in [-0.1, -0.05) is 0 Å². The Labute approximate surface area is 241 Å². The molecule has 0 amide bonds. The Morgan fingerprint density at radius 1 is 0.657 bits per heavy atom. The molecule has 0 aromatic carbocycles. The summed E-state index contributed by atoms with van der Waals surface area (Å²) in [5.41, 5.74) is 15.7. The molecule has 0 aromatic heterocycles. The van der Waals surface area contributed by atoms with Crippen LogP contribution < -0.4 is 22.5 Å². The standard InChI is InChI=1S/C6H17NO3Si.C4H13N3.4C2H4O2.Gd/c1-8-11(9-2,10-3)6-4-5-7;5-1-3-7-4-2-6;4*1-2(3)4;/h4-7H2,1-3H3;7H,1-6H2;4*1H3,(H,3,4);. The van der Waals surface area contributed by atoms with Crippen LogP contribution >= 0.6 is 0 Å². The minimum Gasteiger partial charge on any atom is -0.481 e. The summed E-state index contributed by atoms with van der Waals surface area (Å²) in [6.45, 7) is 8.11. The van der Waals surface area contributed by atoms with Gasteiger partial charge in [-0.25, -0.2) is 0 Å². The molecule has 0 aliphatic rings. The maximum Gasteiger partial charge on any atom is 0.500 e. The quantitative estimate of drug-likeness (QED) is 0.102. The van der Waals surface area contributed by atoms with Gasteiger partial charge in [0.05, 0.1) is 0 Å². The number of hydrogen-bond donors (Lipinski definition) is 8. The molecule has 0 aliphatic heterocycles. The summed E-state index contributed by atoms with van der Waals surface area (Å²) in [4.78, 5) is 36.0. The molecule has 0 aromatic rings. The number of rotatable bonds is 10. The summed E-state index contributed by atoms with van der Waals surface area (Å²) in [5, 5.41) is 32.7. The monoisotopic (exact) mass is 680 g/mol. The van der Waals surface area contributed by atoms with Gasteiger partial charge in [0.2, 0.25) is 0 Å². The molecule has 0 aliphatic carbocycles. The van der Waals surface area contributed by atoms with Gasteiger partial charge >= 0.3 is 8.80 Å². The number of nitrogens with one attached hydrogen (secondary N) is 1. The average molecular weight is 680 g/mol. The summed E-state index contributed by atoms with van der Waals surface area (Å²) in [5.74, 6) is -3.33. The molecule has 11 N–H and O–H groups in total. The Balaban J connectivity index is -0.0000000570. The van der Waals surface area contributed by atoms with E-state index in [4.69, 9.17) is 70.1 Å². The predicted molar refractivity (Wildman–Crippen MR) is 129 cm³/mol. The topological polar surface area (TPSA) is 267 Å². The number of carboxylic acid groups (broad SMARTS) is 4. The molecule has 0 spiro atoms. The van der Waals surface area contributed by atoms with Crippen LogP contribution in [0.15, 0.2) is 0 Å². The van der Waals surface area contributed by atoms with Crippen LogP contribution in [0.4, 0.5) is 0 Å². The van der Waals surface area contributed by atoms with Gasteiger partial charge in [0.1, 0.15) is 0 Å². The predicted octanol–water partition coefficient (Wildman–Crippen LogP) is -0.930. The minimum atomic E-state index is -2.32. The van der Waals surface area contributed by atoms with Crippen LogP contribution in [-0.2, 0) is 32.5 Å². The molecule has 216 valence electrons. The van der Waals surface area contributed by atoms with Gasteiger partial charge in [-0.15, -0.1) is 0 Å². The second kappa shape index (κ2) is 43.2. The van der Waals surface area contributed by atoms with Crippen molar-refractivity contribution in [1.82, 2.24) is 5.32 Å². The van der Waals surface area contributed by atoms with Gasteiger partial charge in [0.15, 0.2) is 0 Å². The van der Waals surface area contributed by atoms with Crippen molar-refractivity contribution in [1.29, 1.82) is 0 Å². The van der Waals surface area contributed by atoms with Crippen molar-refractivity contribution < 1.29 is 92.8 Å². The molecule has 0 saturated heterocycles. The fourth-order valence-corrected chi connectivity index (χ4v) is 2.95. The van der Waals surface area contributed by atoms with Gasteiger partial charge in [-0.3, -0.25) is 19.2 Å². The van der Waals surface area contributed by atoms with Gasteiger partial charge in [-0.2, -0.15) is 0 Å². The number of carbonyl (C=O) groups is 4. The Hall–Kier alpha value is -0.858. The molecule has 0 saturated carbocycles. The molecular weight excluding hydrogens is 634 g/mol. The van der Waals surface area contributed by atoms with Crippen LogP contribution in [-0.4, -0.2) is 107 Å². The first-order chi connectivity index (χ1) is 15.6. The van der Waals surface area contributed by atoms with E-state index in [0.717, 1.165) is 53.2 Å². The van der Waals surface area contributed by atoms with E-state index in [1.165, 1.54) is 0 Å². The Morgan fingerprint density at radius 3 is 1.03 bits per heavy atom. The molecule has 0 bridgehead atoms. The van der Waals surface area contributed by atoms with E-state index >= 15 is 0 Å². The van der Waals surface area contributed by atoms with Crippen LogP contribution in [0.1, 0.15) is 34.1 Å². The van der Waals surface area contributed by atoms with Crippen molar-refractivity contribution >= 4 is 32.7 Å². The zero-order valence-electron chi connectivity index (χ0n) is 21.7. The third-order valence-electron chi connectivity index (χ3n) is 2.26. The van der Waals surface area contributed by atoms with Crippen molar-refractivity contribution in [3.05, 3.63) is 0 Å². The summed E-state index contributed by atoms with van der Waals surface area (Å²) in [6.07, 6.45) is 0.877. The molecule has 0 radical (unpaired) electrons. The van der Waals surface area contributed by atoms with Crippen LogP contribution in [0.3, 0.4) is 0 Å². The summed E-state index contributed by atoms with van der Waals surface area (Å²) in [6, 6.07) is 0.785. The van der Waals surface area contributed by atoms with Crippen LogP contribution in [0.2, 0.25) is 6.04 Å². The maximum atomic E-state index is 9.00.